The minimum atomic E-state index is 0.0863. The number of aliphatic imine (C=N–C) groups is 1. The number of nitrogens with one attached hydrogen (secondary N) is 3. The summed E-state index contributed by atoms with van der Waals surface area (Å²) >= 11 is 0. The van der Waals surface area contributed by atoms with Gasteiger partial charge in [-0.15, -0.1) is 0 Å². The van der Waals surface area contributed by atoms with Crippen LogP contribution in [-0.2, 0) is 4.79 Å². The molecular formula is C21H33N5O. The number of likely N-dealkylation sites (tertiary alicyclic amines) is 1. The Kier molecular flexibility index (Phi) is 7.10. The summed E-state index contributed by atoms with van der Waals surface area (Å²) in [6, 6.07) is 8.61. The average molecular weight is 372 g/mol. The van der Waals surface area contributed by atoms with Gasteiger partial charge in [-0.3, -0.25) is 14.7 Å². The van der Waals surface area contributed by atoms with E-state index in [1.165, 1.54) is 31.4 Å². The summed E-state index contributed by atoms with van der Waals surface area (Å²) in [6.45, 7) is 8.96. The van der Waals surface area contributed by atoms with Gasteiger partial charge in [0.15, 0.2) is 5.96 Å². The van der Waals surface area contributed by atoms with Crippen LogP contribution in [0.3, 0.4) is 0 Å². The summed E-state index contributed by atoms with van der Waals surface area (Å²) in [4.78, 5) is 19.4. The maximum Gasteiger partial charge on any atom is 0.225 e. The highest BCUT2D eigenvalue weighted by molar-refractivity contribution is 5.94. The van der Waals surface area contributed by atoms with Gasteiger partial charge in [0.1, 0.15) is 0 Å². The Morgan fingerprint density at radius 3 is 2.93 bits per heavy atom. The molecule has 2 unspecified atom stereocenters. The maximum absolute atomic E-state index is 12.0. The Bertz CT molecular complexity index is 660. The first-order chi connectivity index (χ1) is 13.2. The first-order valence-corrected chi connectivity index (χ1v) is 10.4. The third-order valence-corrected chi connectivity index (χ3v) is 5.58. The van der Waals surface area contributed by atoms with E-state index in [9.17, 15) is 4.79 Å². The van der Waals surface area contributed by atoms with Crippen molar-refractivity contribution >= 4 is 17.6 Å². The Morgan fingerprint density at radius 1 is 1.26 bits per heavy atom. The predicted molar refractivity (Wildman–Crippen MR) is 111 cm³/mol. The van der Waals surface area contributed by atoms with Gasteiger partial charge in [-0.05, 0) is 44.5 Å². The van der Waals surface area contributed by atoms with E-state index in [1.54, 1.807) is 0 Å². The largest absolute Gasteiger partial charge is 0.357 e. The molecule has 0 spiro atoms. The summed E-state index contributed by atoms with van der Waals surface area (Å²) in [5.41, 5.74) is 2.13. The lowest BCUT2D eigenvalue weighted by molar-refractivity contribution is -0.116. The Hall–Kier alpha value is -2.08. The van der Waals surface area contributed by atoms with Gasteiger partial charge in [0.25, 0.3) is 0 Å². The van der Waals surface area contributed by atoms with Gasteiger partial charge in [-0.2, -0.15) is 0 Å². The smallest absolute Gasteiger partial charge is 0.225 e. The molecule has 2 heterocycles. The summed E-state index contributed by atoms with van der Waals surface area (Å²) in [7, 11) is 0. The van der Waals surface area contributed by atoms with Crippen LogP contribution in [0.25, 0.3) is 0 Å². The number of carbonyl (C=O) groups is 1. The van der Waals surface area contributed by atoms with E-state index in [0.717, 1.165) is 31.3 Å². The fraction of sp³-hybridized carbons (Fsp3) is 0.619. The maximum atomic E-state index is 12.0. The molecule has 2 aliphatic rings. The van der Waals surface area contributed by atoms with Crippen LogP contribution in [0, 0.1) is 0 Å². The summed E-state index contributed by atoms with van der Waals surface area (Å²) < 4.78 is 0. The lowest BCUT2D eigenvalue weighted by atomic mass is 9.90. The molecule has 1 amide bonds. The van der Waals surface area contributed by atoms with Crippen molar-refractivity contribution in [2.75, 3.05) is 38.0 Å². The number of likely N-dealkylation sites (N-methyl/N-ethyl adjacent to an activating group) is 1. The quantitative estimate of drug-likeness (QED) is 0.531. The standard InChI is InChI=1S/C21H33N5O/c1-3-22-21(24-15-17-9-7-8-12-26(17)4-2)23-14-16-13-20(27)25-19-11-6-5-10-18(16)19/h5-6,10-11,16-17H,3-4,7-9,12-15H2,1-2H3,(H,25,27)(H2,22,23,24). The molecular weight excluding hydrogens is 338 g/mol. The number of fused-ring (bicyclic) bond motifs is 1. The minimum absolute atomic E-state index is 0.0863. The molecule has 6 nitrogen and oxygen atoms in total. The van der Waals surface area contributed by atoms with E-state index in [2.05, 4.69) is 40.8 Å². The molecule has 0 radical (unpaired) electrons. The number of guanidine groups is 1. The molecule has 27 heavy (non-hydrogen) atoms. The number of hydrogen-bond donors (Lipinski definition) is 3. The molecule has 0 saturated carbocycles. The van der Waals surface area contributed by atoms with Crippen LogP contribution < -0.4 is 16.0 Å². The van der Waals surface area contributed by atoms with Gasteiger partial charge in [-0.1, -0.05) is 31.5 Å². The molecule has 2 aliphatic heterocycles. The topological polar surface area (TPSA) is 68.8 Å². The molecule has 2 atom stereocenters. The van der Waals surface area contributed by atoms with E-state index in [4.69, 9.17) is 4.99 Å². The summed E-state index contributed by atoms with van der Waals surface area (Å²) in [6.07, 6.45) is 4.34. The van der Waals surface area contributed by atoms with Crippen molar-refractivity contribution in [3.63, 3.8) is 0 Å². The van der Waals surface area contributed by atoms with Gasteiger partial charge in [0.05, 0.1) is 6.54 Å². The van der Waals surface area contributed by atoms with Crippen molar-refractivity contribution in [2.45, 2.75) is 51.5 Å². The third-order valence-electron chi connectivity index (χ3n) is 5.58. The molecule has 0 bridgehead atoms. The lowest BCUT2D eigenvalue weighted by Gasteiger charge is -2.34. The van der Waals surface area contributed by atoms with Gasteiger partial charge in [-0.25, -0.2) is 0 Å². The molecule has 0 aromatic heterocycles. The number of anilines is 1. The molecule has 1 aromatic rings. The second-order valence-electron chi connectivity index (χ2n) is 7.42. The number of nitrogens with zero attached hydrogens (tertiary/aromatic N) is 2. The van der Waals surface area contributed by atoms with E-state index in [1.807, 2.05) is 18.2 Å². The third kappa shape index (κ3) is 5.22. The van der Waals surface area contributed by atoms with E-state index in [0.29, 0.717) is 19.0 Å². The fourth-order valence-corrected chi connectivity index (χ4v) is 4.13. The molecule has 148 valence electrons. The number of benzene rings is 1. The predicted octanol–water partition coefficient (Wildman–Crippen LogP) is 2.54. The van der Waals surface area contributed by atoms with Crippen molar-refractivity contribution in [1.29, 1.82) is 0 Å². The normalized spacial score (nSPS) is 23.5. The molecule has 1 aromatic carbocycles. The Balaban J connectivity index is 1.62. The summed E-state index contributed by atoms with van der Waals surface area (Å²) in [5.74, 6) is 1.10. The Labute approximate surface area is 162 Å². The van der Waals surface area contributed by atoms with Crippen LogP contribution in [0.5, 0.6) is 0 Å². The molecule has 1 saturated heterocycles. The summed E-state index contributed by atoms with van der Waals surface area (Å²) in [5, 5.41) is 9.78. The number of carbonyl (C=O) groups excluding carboxylic acids is 1. The number of amides is 1. The van der Waals surface area contributed by atoms with Crippen LogP contribution in [0.4, 0.5) is 5.69 Å². The number of piperidine rings is 1. The highest BCUT2D eigenvalue weighted by Gasteiger charge is 2.25. The average Bonchev–Trinajstić information content (AvgIpc) is 2.70. The van der Waals surface area contributed by atoms with E-state index in [-0.39, 0.29) is 11.8 Å². The van der Waals surface area contributed by atoms with Crippen molar-refractivity contribution in [3.05, 3.63) is 29.8 Å². The van der Waals surface area contributed by atoms with Gasteiger partial charge in [0.2, 0.25) is 5.91 Å². The van der Waals surface area contributed by atoms with Crippen LogP contribution in [0.2, 0.25) is 0 Å². The second-order valence-corrected chi connectivity index (χ2v) is 7.42. The highest BCUT2D eigenvalue weighted by atomic mass is 16.1. The van der Waals surface area contributed by atoms with E-state index < -0.39 is 0 Å². The van der Waals surface area contributed by atoms with Gasteiger partial charge >= 0.3 is 0 Å². The minimum Gasteiger partial charge on any atom is -0.357 e. The number of rotatable bonds is 6. The van der Waals surface area contributed by atoms with Crippen LogP contribution >= 0.6 is 0 Å². The molecule has 6 heteroatoms. The molecule has 0 aliphatic carbocycles. The first-order valence-electron chi connectivity index (χ1n) is 10.4. The fourth-order valence-electron chi connectivity index (χ4n) is 4.13. The zero-order valence-corrected chi connectivity index (χ0v) is 16.6. The molecule has 3 rings (SSSR count). The van der Waals surface area contributed by atoms with Crippen LogP contribution in [-0.4, -0.2) is 55.5 Å². The van der Waals surface area contributed by atoms with Crippen LogP contribution in [0.15, 0.2) is 29.3 Å². The van der Waals surface area contributed by atoms with Gasteiger partial charge < -0.3 is 16.0 Å². The SMILES string of the molecule is CCNC(=NCC1CCCCN1CC)NCC1CC(=O)Nc2ccccc21. The molecule has 1 fully saturated rings. The lowest BCUT2D eigenvalue weighted by Crippen LogP contribution is -2.44. The Morgan fingerprint density at radius 2 is 2.11 bits per heavy atom. The highest BCUT2D eigenvalue weighted by Crippen LogP contribution is 2.31. The zero-order chi connectivity index (χ0) is 19.1. The molecule has 3 N–H and O–H groups in total. The second kappa shape index (κ2) is 9.74. The van der Waals surface area contributed by atoms with Crippen molar-refractivity contribution in [2.24, 2.45) is 4.99 Å². The van der Waals surface area contributed by atoms with Crippen molar-refractivity contribution in [3.8, 4) is 0 Å². The monoisotopic (exact) mass is 371 g/mol. The zero-order valence-electron chi connectivity index (χ0n) is 16.6. The van der Waals surface area contributed by atoms with Crippen LogP contribution in [0.1, 0.15) is 51.0 Å². The van der Waals surface area contributed by atoms with Gasteiger partial charge in [0, 0.05) is 37.2 Å². The number of hydrogen-bond acceptors (Lipinski definition) is 3. The van der Waals surface area contributed by atoms with E-state index >= 15 is 0 Å². The van der Waals surface area contributed by atoms with Crippen molar-refractivity contribution < 1.29 is 4.79 Å². The van der Waals surface area contributed by atoms with Crippen molar-refractivity contribution in [1.82, 2.24) is 15.5 Å². The number of para-hydroxylation sites is 1. The first kappa shape index (κ1) is 19.7.